The van der Waals surface area contributed by atoms with Gasteiger partial charge in [-0.2, -0.15) is 5.26 Å². The van der Waals surface area contributed by atoms with E-state index in [4.69, 9.17) is 31.5 Å². The first-order valence-electron chi connectivity index (χ1n) is 10.4. The Morgan fingerprint density at radius 1 is 1.27 bits per heavy atom. The van der Waals surface area contributed by atoms with Crippen molar-refractivity contribution in [3.63, 3.8) is 0 Å². The predicted octanol–water partition coefficient (Wildman–Crippen LogP) is 4.25. The van der Waals surface area contributed by atoms with Crippen LogP contribution in [0.15, 0.2) is 65.3 Å². The SMILES string of the molecule is COC(=O)C1=C(N)OC2=C(C(=O)CCC2)[C@@H]1c1ccc(OCc2ccccc2C#N)c(Cl)c1. The van der Waals surface area contributed by atoms with E-state index >= 15 is 0 Å². The largest absolute Gasteiger partial charge is 0.487 e. The summed E-state index contributed by atoms with van der Waals surface area (Å²) in [5.41, 5.74) is 8.39. The highest BCUT2D eigenvalue weighted by Crippen LogP contribution is 2.45. The summed E-state index contributed by atoms with van der Waals surface area (Å²) in [6, 6.07) is 14.3. The van der Waals surface area contributed by atoms with E-state index in [1.807, 2.05) is 12.1 Å². The Kier molecular flexibility index (Phi) is 6.38. The number of benzene rings is 2. The number of carbonyl (C=O) groups is 2. The summed E-state index contributed by atoms with van der Waals surface area (Å²) >= 11 is 6.51. The quantitative estimate of drug-likeness (QED) is 0.658. The van der Waals surface area contributed by atoms with Crippen LogP contribution in [0, 0.1) is 11.3 Å². The molecule has 33 heavy (non-hydrogen) atoms. The summed E-state index contributed by atoms with van der Waals surface area (Å²) in [6.45, 7) is 0.161. The van der Waals surface area contributed by atoms with Crippen molar-refractivity contribution in [3.05, 3.63) is 87.0 Å². The van der Waals surface area contributed by atoms with Gasteiger partial charge in [0.05, 0.1) is 29.7 Å². The summed E-state index contributed by atoms with van der Waals surface area (Å²) in [7, 11) is 1.25. The standard InChI is InChI=1S/C25H21ClN2O5/c1-31-25(30)23-21(22-18(29)7-4-8-20(22)33-24(23)28)14-9-10-19(17(26)11-14)32-13-16-6-3-2-5-15(16)12-27/h2-3,5-6,9-11,21H,4,7-8,13,28H2,1H3/t21-/m0/s1. The van der Waals surface area contributed by atoms with Gasteiger partial charge in [-0.05, 0) is 30.2 Å². The Labute approximate surface area is 196 Å². The van der Waals surface area contributed by atoms with Crippen molar-refractivity contribution in [3.8, 4) is 11.8 Å². The maximum absolute atomic E-state index is 12.8. The molecule has 0 fully saturated rings. The molecular formula is C25H21ClN2O5. The number of methoxy groups -OCH3 is 1. The number of allylic oxidation sites excluding steroid dienone is 2. The second kappa shape index (κ2) is 9.39. The van der Waals surface area contributed by atoms with Crippen LogP contribution in [-0.4, -0.2) is 18.9 Å². The third-order valence-corrected chi connectivity index (χ3v) is 6.00. The monoisotopic (exact) mass is 464 g/mol. The number of nitriles is 1. The van der Waals surface area contributed by atoms with Gasteiger partial charge in [0.15, 0.2) is 5.78 Å². The van der Waals surface area contributed by atoms with Crippen LogP contribution in [0.5, 0.6) is 5.75 Å². The molecule has 0 saturated carbocycles. The first-order valence-corrected chi connectivity index (χ1v) is 10.7. The highest BCUT2D eigenvalue weighted by atomic mass is 35.5. The van der Waals surface area contributed by atoms with E-state index in [2.05, 4.69) is 6.07 Å². The number of nitrogens with zero attached hydrogens (tertiary/aromatic N) is 1. The van der Waals surface area contributed by atoms with E-state index in [9.17, 15) is 14.9 Å². The number of rotatable bonds is 5. The first kappa shape index (κ1) is 22.4. The molecule has 0 spiro atoms. The molecule has 4 rings (SSSR count). The Bertz CT molecular complexity index is 1240. The average molecular weight is 465 g/mol. The third-order valence-electron chi connectivity index (χ3n) is 5.70. The molecule has 0 unspecified atom stereocenters. The minimum Gasteiger partial charge on any atom is -0.487 e. The van der Waals surface area contributed by atoms with Crippen LogP contribution in [0.4, 0.5) is 0 Å². The number of halogens is 1. The zero-order valence-electron chi connectivity index (χ0n) is 17.9. The van der Waals surface area contributed by atoms with Crippen molar-refractivity contribution >= 4 is 23.4 Å². The highest BCUT2D eigenvalue weighted by Gasteiger charge is 2.41. The Hall–Kier alpha value is -3.76. The van der Waals surface area contributed by atoms with Crippen LogP contribution in [0.2, 0.25) is 5.02 Å². The molecule has 2 aliphatic rings. The smallest absolute Gasteiger partial charge is 0.340 e. The fraction of sp³-hybridized carbons (Fsp3) is 0.240. The van der Waals surface area contributed by atoms with Crippen molar-refractivity contribution in [1.29, 1.82) is 5.26 Å². The van der Waals surface area contributed by atoms with Crippen LogP contribution in [0.25, 0.3) is 0 Å². The lowest BCUT2D eigenvalue weighted by Crippen LogP contribution is -2.31. The second-order valence-electron chi connectivity index (χ2n) is 7.67. The zero-order valence-corrected chi connectivity index (χ0v) is 18.6. The van der Waals surface area contributed by atoms with Gasteiger partial charge in [0.2, 0.25) is 5.88 Å². The van der Waals surface area contributed by atoms with E-state index < -0.39 is 11.9 Å². The van der Waals surface area contributed by atoms with Gasteiger partial charge in [-0.25, -0.2) is 4.79 Å². The number of ether oxygens (including phenoxy) is 3. The summed E-state index contributed by atoms with van der Waals surface area (Å²) in [5, 5.41) is 9.55. The van der Waals surface area contributed by atoms with Gasteiger partial charge in [0, 0.05) is 24.0 Å². The van der Waals surface area contributed by atoms with Crippen LogP contribution >= 0.6 is 11.6 Å². The number of ketones is 1. The average Bonchev–Trinajstić information content (AvgIpc) is 2.82. The number of nitrogens with two attached hydrogens (primary N) is 1. The molecule has 0 aromatic heterocycles. The van der Waals surface area contributed by atoms with Gasteiger partial charge in [0.1, 0.15) is 23.7 Å². The molecule has 168 valence electrons. The molecule has 0 saturated heterocycles. The molecule has 0 amide bonds. The lowest BCUT2D eigenvalue weighted by atomic mass is 9.77. The number of carbonyl (C=O) groups excluding carboxylic acids is 2. The fourth-order valence-electron chi connectivity index (χ4n) is 4.12. The summed E-state index contributed by atoms with van der Waals surface area (Å²) in [6.07, 6.45) is 1.57. The molecule has 1 heterocycles. The Balaban J connectivity index is 1.69. The van der Waals surface area contributed by atoms with E-state index in [0.29, 0.717) is 52.5 Å². The Morgan fingerprint density at radius 3 is 2.79 bits per heavy atom. The van der Waals surface area contributed by atoms with Crippen LogP contribution in [0.1, 0.15) is 41.9 Å². The maximum Gasteiger partial charge on any atom is 0.340 e. The molecule has 1 atom stereocenters. The van der Waals surface area contributed by atoms with Crippen LogP contribution in [0.3, 0.4) is 0 Å². The Morgan fingerprint density at radius 2 is 2.06 bits per heavy atom. The molecule has 0 radical (unpaired) electrons. The molecule has 2 aromatic rings. The number of hydrogen-bond acceptors (Lipinski definition) is 7. The molecule has 1 aliphatic carbocycles. The van der Waals surface area contributed by atoms with E-state index in [1.165, 1.54) is 7.11 Å². The van der Waals surface area contributed by atoms with Gasteiger partial charge in [0.25, 0.3) is 0 Å². The van der Waals surface area contributed by atoms with Crippen molar-refractivity contribution in [1.82, 2.24) is 0 Å². The lowest BCUT2D eigenvalue weighted by Gasteiger charge is -2.32. The van der Waals surface area contributed by atoms with Gasteiger partial charge in [-0.1, -0.05) is 35.9 Å². The van der Waals surface area contributed by atoms with Gasteiger partial charge < -0.3 is 19.9 Å². The van der Waals surface area contributed by atoms with Crippen molar-refractivity contribution in [2.45, 2.75) is 31.8 Å². The second-order valence-corrected chi connectivity index (χ2v) is 8.07. The normalized spacial score (nSPS) is 17.7. The molecule has 1 aliphatic heterocycles. The predicted molar refractivity (Wildman–Crippen MR) is 120 cm³/mol. The van der Waals surface area contributed by atoms with Crippen molar-refractivity contribution in [2.75, 3.05) is 7.11 Å². The number of esters is 1. The maximum atomic E-state index is 12.8. The van der Waals surface area contributed by atoms with Crippen molar-refractivity contribution < 1.29 is 23.8 Å². The summed E-state index contributed by atoms with van der Waals surface area (Å²) < 4.78 is 16.4. The van der Waals surface area contributed by atoms with Crippen LogP contribution in [-0.2, 0) is 25.7 Å². The van der Waals surface area contributed by atoms with Crippen molar-refractivity contribution in [2.24, 2.45) is 5.73 Å². The molecule has 2 N–H and O–H groups in total. The van der Waals surface area contributed by atoms with E-state index in [1.54, 1.807) is 30.3 Å². The first-order chi connectivity index (χ1) is 15.9. The number of Topliss-reactive ketones (excluding diaryl/α,β-unsaturated/α-hetero) is 1. The van der Waals surface area contributed by atoms with Gasteiger partial charge >= 0.3 is 5.97 Å². The third kappa shape index (κ3) is 4.30. The topological polar surface area (TPSA) is 112 Å². The fourth-order valence-corrected chi connectivity index (χ4v) is 4.37. The lowest BCUT2D eigenvalue weighted by molar-refractivity contribution is -0.136. The van der Waals surface area contributed by atoms with Gasteiger partial charge in [-0.15, -0.1) is 0 Å². The minimum absolute atomic E-state index is 0.0687. The molecule has 8 heteroatoms. The molecule has 2 aromatic carbocycles. The summed E-state index contributed by atoms with van der Waals surface area (Å²) in [5.74, 6) is -0.719. The molecule has 0 bridgehead atoms. The van der Waals surface area contributed by atoms with Crippen LogP contribution < -0.4 is 10.5 Å². The van der Waals surface area contributed by atoms with E-state index in [-0.39, 0.29) is 23.8 Å². The number of hydrogen-bond donors (Lipinski definition) is 1. The zero-order chi connectivity index (χ0) is 23.5. The van der Waals surface area contributed by atoms with E-state index in [0.717, 1.165) is 5.56 Å². The van der Waals surface area contributed by atoms with Gasteiger partial charge in [-0.3, -0.25) is 4.79 Å². The summed E-state index contributed by atoms with van der Waals surface area (Å²) in [4.78, 5) is 25.4. The molecular weight excluding hydrogens is 444 g/mol. The highest BCUT2D eigenvalue weighted by molar-refractivity contribution is 6.32. The minimum atomic E-state index is -0.750. The molecule has 7 nitrogen and oxygen atoms in total.